The van der Waals surface area contributed by atoms with Gasteiger partial charge in [-0.15, -0.1) is 0 Å². The van der Waals surface area contributed by atoms with Crippen LogP contribution in [0.4, 0.5) is 9.59 Å². The highest BCUT2D eigenvalue weighted by Gasteiger charge is 2.32. The van der Waals surface area contributed by atoms with Crippen molar-refractivity contribution in [2.45, 2.75) is 183 Å². The van der Waals surface area contributed by atoms with Crippen molar-refractivity contribution in [2.75, 3.05) is 24.7 Å². The Kier molecular flexibility index (Phi) is 17.6. The van der Waals surface area contributed by atoms with E-state index in [2.05, 4.69) is 83.1 Å². The Hall–Kier alpha value is -3.73. The zero-order chi connectivity index (χ0) is 45.4. The molecule has 59 heavy (non-hydrogen) atoms. The van der Waals surface area contributed by atoms with Crippen LogP contribution in [0.15, 0.2) is 24.3 Å². The minimum atomic E-state index is -0.751. The summed E-state index contributed by atoms with van der Waals surface area (Å²) in [5, 5.41) is 0. The first-order valence-electron chi connectivity index (χ1n) is 20.7. The highest BCUT2D eigenvalue weighted by atomic mass is 32.2. The average molecular weight is 843 g/mol. The number of benzene rings is 2. The highest BCUT2D eigenvalue weighted by molar-refractivity contribution is 7.99. The molecule has 0 heterocycles. The van der Waals surface area contributed by atoms with Crippen molar-refractivity contribution >= 4 is 36.0 Å². The highest BCUT2D eigenvalue weighted by Crippen LogP contribution is 2.43. The predicted octanol–water partition coefficient (Wildman–Crippen LogP) is 11.9. The lowest BCUT2D eigenvalue weighted by atomic mass is 9.78. The second-order valence-corrected chi connectivity index (χ2v) is 22.5. The number of ether oxygens (including phenoxy) is 6. The maximum Gasteiger partial charge on any atom is 0.514 e. The van der Waals surface area contributed by atoms with Crippen molar-refractivity contribution in [2.24, 2.45) is 0 Å². The third kappa shape index (κ3) is 18.2. The maximum absolute atomic E-state index is 12.8. The summed E-state index contributed by atoms with van der Waals surface area (Å²) in [7, 11) is 0. The van der Waals surface area contributed by atoms with Gasteiger partial charge >= 0.3 is 24.2 Å². The lowest BCUT2D eigenvalue weighted by Gasteiger charge is -2.30. The molecular formula is C48H74O10S. The molecule has 0 fully saturated rings. The largest absolute Gasteiger partial charge is 0.514 e. The van der Waals surface area contributed by atoms with Gasteiger partial charge in [0.25, 0.3) is 0 Å². The number of carbonyl (C=O) groups is 4. The van der Waals surface area contributed by atoms with Crippen molar-refractivity contribution in [3.63, 3.8) is 0 Å². The van der Waals surface area contributed by atoms with E-state index in [0.717, 1.165) is 33.4 Å². The van der Waals surface area contributed by atoms with Crippen molar-refractivity contribution in [3.05, 3.63) is 57.6 Å². The topological polar surface area (TPSA) is 124 Å². The van der Waals surface area contributed by atoms with E-state index in [1.54, 1.807) is 53.3 Å². The number of thioether (sulfide) groups is 1. The Bertz CT molecular complexity index is 1570. The monoisotopic (exact) mass is 843 g/mol. The smallest absolute Gasteiger partial charge is 0.465 e. The lowest BCUT2D eigenvalue weighted by Crippen LogP contribution is -2.28. The summed E-state index contributed by atoms with van der Waals surface area (Å²) in [6, 6.07) is 8.02. The van der Waals surface area contributed by atoms with Crippen LogP contribution in [0.25, 0.3) is 0 Å². The van der Waals surface area contributed by atoms with Gasteiger partial charge in [-0.05, 0) is 87.2 Å². The second-order valence-electron chi connectivity index (χ2n) is 21.2. The van der Waals surface area contributed by atoms with Gasteiger partial charge in [-0.25, -0.2) is 9.59 Å². The molecule has 2 aromatic carbocycles. The van der Waals surface area contributed by atoms with Crippen LogP contribution in [0, 0.1) is 0 Å². The van der Waals surface area contributed by atoms with Crippen LogP contribution in [-0.4, -0.2) is 60.2 Å². The van der Waals surface area contributed by atoms with E-state index < -0.39 is 23.5 Å². The number of rotatable bonds is 14. The summed E-state index contributed by atoms with van der Waals surface area (Å²) in [6.07, 6.45) is -0.151. The quantitative estimate of drug-likeness (QED) is 0.0781. The summed E-state index contributed by atoms with van der Waals surface area (Å²) in [6.45, 7) is 36.0. The van der Waals surface area contributed by atoms with Gasteiger partial charge in [0, 0.05) is 46.6 Å². The molecule has 0 aliphatic carbocycles. The Morgan fingerprint density at radius 1 is 0.458 bits per heavy atom. The number of hydrogen-bond donors (Lipinski definition) is 0. The standard InChI is InChI=1S/C48H74O10S/c1-43(2,3)33-27-31(28-34(44(4,5)6)39(33)55-41(51)57-47(13,14)15)19-21-37(49)53-23-25-59-26-24-54-38(50)22-20-32-29-35(45(7,8)9)40(36(30-32)46(10,11)12)56-42(52)58-48(16,17)18/h27-30H,19-26H2,1-18H3. The molecule has 0 aliphatic heterocycles. The molecule has 10 nitrogen and oxygen atoms in total. The molecule has 2 rings (SSSR count). The SMILES string of the molecule is CC(C)(C)OC(=O)Oc1c(C(C)(C)C)cc(CCC(=O)OCCSCCOC(=O)CCc2cc(C(C)(C)C)c(OC(=O)OC(C)(C)C)c(C(C)(C)C)c2)cc1C(C)(C)C. The van der Waals surface area contributed by atoms with Crippen LogP contribution in [0.2, 0.25) is 0 Å². The van der Waals surface area contributed by atoms with E-state index in [1.807, 2.05) is 24.3 Å². The Balaban J connectivity index is 1.93. The van der Waals surface area contributed by atoms with Crippen molar-refractivity contribution in [1.82, 2.24) is 0 Å². The van der Waals surface area contributed by atoms with E-state index in [-0.39, 0.29) is 59.7 Å². The van der Waals surface area contributed by atoms with Crippen LogP contribution in [-0.2, 0) is 63.0 Å². The first kappa shape index (κ1) is 51.4. The summed E-state index contributed by atoms with van der Waals surface area (Å²) in [4.78, 5) is 51.0. The van der Waals surface area contributed by atoms with Gasteiger partial charge in [0.1, 0.15) is 35.9 Å². The second kappa shape index (κ2) is 20.2. The van der Waals surface area contributed by atoms with Gasteiger partial charge < -0.3 is 28.4 Å². The van der Waals surface area contributed by atoms with Gasteiger partial charge in [-0.3, -0.25) is 9.59 Å². The third-order valence-electron chi connectivity index (χ3n) is 8.90. The summed E-state index contributed by atoms with van der Waals surface area (Å²) in [5.41, 5.74) is 2.59. The normalized spacial score (nSPS) is 12.8. The first-order chi connectivity index (χ1) is 26.7. The zero-order valence-electron chi connectivity index (χ0n) is 39.5. The molecule has 0 saturated carbocycles. The molecule has 11 heteroatoms. The number of hydrogen-bond acceptors (Lipinski definition) is 11. The van der Waals surface area contributed by atoms with Crippen LogP contribution >= 0.6 is 11.8 Å². The zero-order valence-corrected chi connectivity index (χ0v) is 40.3. The van der Waals surface area contributed by atoms with E-state index in [9.17, 15) is 19.2 Å². The molecule has 332 valence electrons. The minimum Gasteiger partial charge on any atom is -0.465 e. The van der Waals surface area contributed by atoms with Crippen molar-refractivity contribution in [3.8, 4) is 11.5 Å². The first-order valence-corrected chi connectivity index (χ1v) is 21.9. The molecule has 0 atom stereocenters. The predicted molar refractivity (Wildman–Crippen MR) is 237 cm³/mol. The van der Waals surface area contributed by atoms with Gasteiger partial charge in [0.2, 0.25) is 0 Å². The molecule has 0 N–H and O–H groups in total. The molecule has 0 aromatic heterocycles. The maximum atomic E-state index is 12.8. The molecule has 0 aliphatic rings. The molecule has 0 radical (unpaired) electrons. The van der Waals surface area contributed by atoms with E-state index in [1.165, 1.54) is 0 Å². The fourth-order valence-corrected chi connectivity index (χ4v) is 6.60. The fourth-order valence-electron chi connectivity index (χ4n) is 5.99. The van der Waals surface area contributed by atoms with Crippen LogP contribution in [0.5, 0.6) is 11.5 Å². The molecular weight excluding hydrogens is 769 g/mol. The van der Waals surface area contributed by atoms with Gasteiger partial charge in [-0.1, -0.05) is 107 Å². The van der Waals surface area contributed by atoms with Gasteiger partial charge in [0.05, 0.1) is 0 Å². The number of carbonyl (C=O) groups excluding carboxylic acids is 4. The van der Waals surface area contributed by atoms with Gasteiger partial charge in [-0.2, -0.15) is 11.8 Å². The Morgan fingerprint density at radius 3 is 0.966 bits per heavy atom. The van der Waals surface area contributed by atoms with E-state index >= 15 is 0 Å². The Morgan fingerprint density at radius 2 is 0.729 bits per heavy atom. The number of esters is 2. The molecule has 0 unspecified atom stereocenters. The molecule has 2 aromatic rings. The molecule has 0 amide bonds. The third-order valence-corrected chi connectivity index (χ3v) is 9.81. The van der Waals surface area contributed by atoms with Crippen LogP contribution < -0.4 is 9.47 Å². The molecule has 0 bridgehead atoms. The number of aryl methyl sites for hydroxylation is 2. The minimum absolute atomic E-state index is 0.204. The Labute approximate surface area is 359 Å². The average Bonchev–Trinajstić information content (AvgIpc) is 3.02. The fraction of sp³-hybridized carbons (Fsp3) is 0.667. The van der Waals surface area contributed by atoms with Crippen molar-refractivity contribution < 1.29 is 47.6 Å². The van der Waals surface area contributed by atoms with E-state index in [0.29, 0.717) is 35.8 Å². The van der Waals surface area contributed by atoms with Gasteiger partial charge in [0.15, 0.2) is 0 Å². The lowest BCUT2D eigenvalue weighted by molar-refractivity contribution is -0.143. The summed E-state index contributed by atoms with van der Waals surface area (Å²) < 4.78 is 33.8. The van der Waals surface area contributed by atoms with Crippen LogP contribution in [0.3, 0.4) is 0 Å². The van der Waals surface area contributed by atoms with Crippen LogP contribution in [0.1, 0.15) is 171 Å². The molecule has 0 saturated heterocycles. The van der Waals surface area contributed by atoms with E-state index in [4.69, 9.17) is 28.4 Å². The summed E-state index contributed by atoms with van der Waals surface area (Å²) >= 11 is 1.55. The molecule has 0 spiro atoms. The van der Waals surface area contributed by atoms with Crippen molar-refractivity contribution in [1.29, 1.82) is 0 Å². The summed E-state index contributed by atoms with van der Waals surface area (Å²) in [5.74, 6) is 1.55.